The second-order valence-corrected chi connectivity index (χ2v) is 8.53. The van der Waals surface area contributed by atoms with Gasteiger partial charge in [-0.05, 0) is 60.7 Å². The Morgan fingerprint density at radius 3 is 2.79 bits per heavy atom. The van der Waals surface area contributed by atoms with Gasteiger partial charge < -0.3 is 19.0 Å². The van der Waals surface area contributed by atoms with Gasteiger partial charge in [-0.2, -0.15) is 0 Å². The van der Waals surface area contributed by atoms with Crippen molar-refractivity contribution in [1.82, 2.24) is 14.9 Å². The molecule has 2 aromatic carbocycles. The molecule has 2 aromatic heterocycles. The quantitative estimate of drug-likeness (QED) is 0.327. The van der Waals surface area contributed by atoms with Crippen LogP contribution in [-0.2, 0) is 13.0 Å². The molecule has 0 aliphatic heterocycles. The molecule has 0 aliphatic carbocycles. The summed E-state index contributed by atoms with van der Waals surface area (Å²) in [6.07, 6.45) is 2.99. The van der Waals surface area contributed by atoms with E-state index < -0.39 is 0 Å². The number of para-hydroxylation sites is 2. The SMILES string of the molecule is Cc1ccc(C(C)C)cc1OCCCn1c(CCNC(=O)c2ccco2)nc2ccccc21. The zero-order valence-electron chi connectivity index (χ0n) is 19.5. The van der Waals surface area contributed by atoms with Crippen molar-refractivity contribution in [1.29, 1.82) is 0 Å². The molecule has 0 radical (unpaired) electrons. The number of hydrogen-bond acceptors (Lipinski definition) is 4. The Bertz CT molecular complexity index is 1210. The zero-order valence-corrected chi connectivity index (χ0v) is 19.5. The number of ether oxygens (including phenoxy) is 1. The standard InChI is InChI=1S/C27H31N3O3/c1-19(2)21-12-11-20(3)25(18-21)33-17-7-15-30-23-9-5-4-8-22(23)29-26(30)13-14-28-27(31)24-10-6-16-32-24/h4-6,8-12,16,18-19H,7,13-15,17H2,1-3H3,(H,28,31). The van der Waals surface area contributed by atoms with E-state index in [4.69, 9.17) is 14.1 Å². The van der Waals surface area contributed by atoms with Crippen LogP contribution in [0.25, 0.3) is 11.0 Å². The molecule has 0 unspecified atom stereocenters. The van der Waals surface area contributed by atoms with Crippen LogP contribution in [0.5, 0.6) is 5.75 Å². The average Bonchev–Trinajstić information content (AvgIpc) is 3.46. The Hall–Kier alpha value is -3.54. The fourth-order valence-electron chi connectivity index (χ4n) is 3.88. The van der Waals surface area contributed by atoms with Crippen molar-refractivity contribution >= 4 is 16.9 Å². The number of furan rings is 1. The highest BCUT2D eigenvalue weighted by Crippen LogP contribution is 2.24. The second kappa shape index (κ2) is 10.4. The lowest BCUT2D eigenvalue weighted by molar-refractivity contribution is 0.0926. The number of benzene rings is 2. The molecule has 0 atom stereocenters. The van der Waals surface area contributed by atoms with Gasteiger partial charge in [0.2, 0.25) is 0 Å². The van der Waals surface area contributed by atoms with Crippen LogP contribution in [0.4, 0.5) is 0 Å². The minimum atomic E-state index is -0.213. The van der Waals surface area contributed by atoms with Crippen LogP contribution < -0.4 is 10.1 Å². The third-order valence-corrected chi connectivity index (χ3v) is 5.78. The lowest BCUT2D eigenvalue weighted by Gasteiger charge is -2.14. The number of carbonyl (C=O) groups is 1. The van der Waals surface area contributed by atoms with E-state index in [1.165, 1.54) is 11.8 Å². The first-order valence-corrected chi connectivity index (χ1v) is 11.5. The Labute approximate surface area is 194 Å². The number of carbonyl (C=O) groups excluding carboxylic acids is 1. The molecule has 172 valence electrons. The Morgan fingerprint density at radius 2 is 2.00 bits per heavy atom. The number of nitrogens with one attached hydrogen (secondary N) is 1. The maximum Gasteiger partial charge on any atom is 0.286 e. The van der Waals surface area contributed by atoms with Crippen molar-refractivity contribution in [3.63, 3.8) is 0 Å². The Balaban J connectivity index is 1.38. The van der Waals surface area contributed by atoms with E-state index in [2.05, 4.69) is 54.9 Å². The highest BCUT2D eigenvalue weighted by Gasteiger charge is 2.13. The summed E-state index contributed by atoms with van der Waals surface area (Å²) in [5, 5.41) is 2.90. The second-order valence-electron chi connectivity index (χ2n) is 8.53. The molecule has 4 aromatic rings. The van der Waals surface area contributed by atoms with E-state index >= 15 is 0 Å². The highest BCUT2D eigenvalue weighted by molar-refractivity contribution is 5.91. The number of amides is 1. The lowest BCUT2D eigenvalue weighted by atomic mass is 10.0. The molecule has 0 aliphatic rings. The molecular formula is C27H31N3O3. The number of fused-ring (bicyclic) bond motifs is 1. The van der Waals surface area contributed by atoms with Crippen LogP contribution in [-0.4, -0.2) is 28.6 Å². The molecule has 0 saturated carbocycles. The van der Waals surface area contributed by atoms with Gasteiger partial charge in [0.05, 0.1) is 23.9 Å². The molecule has 4 rings (SSSR count). The highest BCUT2D eigenvalue weighted by atomic mass is 16.5. The van der Waals surface area contributed by atoms with Gasteiger partial charge in [0.25, 0.3) is 5.91 Å². The minimum absolute atomic E-state index is 0.213. The van der Waals surface area contributed by atoms with Gasteiger partial charge in [-0.15, -0.1) is 0 Å². The van der Waals surface area contributed by atoms with Crippen molar-refractivity contribution in [2.24, 2.45) is 0 Å². The normalized spacial score (nSPS) is 11.3. The van der Waals surface area contributed by atoms with Gasteiger partial charge in [-0.1, -0.05) is 38.1 Å². The van der Waals surface area contributed by atoms with Crippen LogP contribution >= 0.6 is 0 Å². The topological polar surface area (TPSA) is 69.3 Å². The largest absolute Gasteiger partial charge is 0.493 e. The summed E-state index contributed by atoms with van der Waals surface area (Å²) in [5.74, 6) is 2.49. The molecule has 2 heterocycles. The smallest absolute Gasteiger partial charge is 0.286 e. The van der Waals surface area contributed by atoms with Crippen LogP contribution in [0.3, 0.4) is 0 Å². The van der Waals surface area contributed by atoms with Crippen molar-refractivity contribution in [2.75, 3.05) is 13.2 Å². The Kier molecular flexibility index (Phi) is 7.13. The lowest BCUT2D eigenvalue weighted by Crippen LogP contribution is -2.26. The summed E-state index contributed by atoms with van der Waals surface area (Å²) in [4.78, 5) is 16.9. The number of nitrogens with zero attached hydrogens (tertiary/aromatic N) is 2. The molecule has 33 heavy (non-hydrogen) atoms. The van der Waals surface area contributed by atoms with E-state index in [0.29, 0.717) is 31.3 Å². The van der Waals surface area contributed by atoms with Crippen LogP contribution in [0.2, 0.25) is 0 Å². The first kappa shape index (κ1) is 22.6. The first-order chi connectivity index (χ1) is 16.0. The van der Waals surface area contributed by atoms with Gasteiger partial charge in [0, 0.05) is 19.5 Å². The maximum atomic E-state index is 12.1. The number of hydrogen-bond donors (Lipinski definition) is 1. The predicted octanol–water partition coefficient (Wildman–Crippen LogP) is 5.50. The monoisotopic (exact) mass is 445 g/mol. The van der Waals surface area contributed by atoms with Gasteiger partial charge in [-0.25, -0.2) is 4.98 Å². The molecular weight excluding hydrogens is 414 g/mol. The van der Waals surface area contributed by atoms with Gasteiger partial charge in [-0.3, -0.25) is 4.79 Å². The molecule has 0 saturated heterocycles. The molecule has 1 N–H and O–H groups in total. The molecule has 6 heteroatoms. The third-order valence-electron chi connectivity index (χ3n) is 5.78. The summed E-state index contributed by atoms with van der Waals surface area (Å²) >= 11 is 0. The number of aromatic nitrogens is 2. The van der Waals surface area contributed by atoms with Crippen LogP contribution in [0.15, 0.2) is 65.3 Å². The number of rotatable bonds is 10. The van der Waals surface area contributed by atoms with E-state index in [9.17, 15) is 4.79 Å². The summed E-state index contributed by atoms with van der Waals surface area (Å²) < 4.78 is 13.5. The van der Waals surface area contributed by atoms with Gasteiger partial charge in [0.15, 0.2) is 5.76 Å². The summed E-state index contributed by atoms with van der Waals surface area (Å²) in [7, 11) is 0. The van der Waals surface area contributed by atoms with E-state index in [1.807, 2.05) is 18.2 Å². The maximum absolute atomic E-state index is 12.1. The van der Waals surface area contributed by atoms with Crippen molar-refractivity contribution in [3.8, 4) is 5.75 Å². The van der Waals surface area contributed by atoms with E-state index in [1.54, 1.807) is 12.1 Å². The molecule has 0 fully saturated rings. The van der Waals surface area contributed by atoms with Gasteiger partial charge >= 0.3 is 0 Å². The van der Waals surface area contributed by atoms with E-state index in [0.717, 1.165) is 41.1 Å². The van der Waals surface area contributed by atoms with Crippen LogP contribution in [0.1, 0.15) is 53.7 Å². The minimum Gasteiger partial charge on any atom is -0.493 e. The molecule has 6 nitrogen and oxygen atoms in total. The van der Waals surface area contributed by atoms with Crippen LogP contribution in [0, 0.1) is 6.92 Å². The average molecular weight is 446 g/mol. The van der Waals surface area contributed by atoms with Gasteiger partial charge in [0.1, 0.15) is 11.6 Å². The molecule has 0 spiro atoms. The third kappa shape index (κ3) is 5.45. The summed E-state index contributed by atoms with van der Waals surface area (Å²) in [6.45, 7) is 8.38. The molecule has 0 bridgehead atoms. The number of imidazole rings is 1. The first-order valence-electron chi connectivity index (χ1n) is 11.5. The predicted molar refractivity (Wildman–Crippen MR) is 130 cm³/mol. The van der Waals surface area contributed by atoms with Crippen molar-refractivity contribution in [3.05, 3.63) is 83.6 Å². The number of aryl methyl sites for hydroxylation is 2. The summed E-state index contributed by atoms with van der Waals surface area (Å²) in [5.41, 5.74) is 4.50. The van der Waals surface area contributed by atoms with Crippen molar-refractivity contribution in [2.45, 2.75) is 46.1 Å². The fraction of sp³-hybridized carbons (Fsp3) is 0.333. The fourth-order valence-corrected chi connectivity index (χ4v) is 3.88. The zero-order chi connectivity index (χ0) is 23.2. The van der Waals surface area contributed by atoms with E-state index in [-0.39, 0.29) is 5.91 Å². The summed E-state index contributed by atoms with van der Waals surface area (Å²) in [6, 6.07) is 17.9. The Morgan fingerprint density at radius 1 is 1.15 bits per heavy atom. The van der Waals surface area contributed by atoms with Crippen molar-refractivity contribution < 1.29 is 13.9 Å². The molecule has 1 amide bonds.